The van der Waals surface area contributed by atoms with Gasteiger partial charge in [-0.1, -0.05) is 12.1 Å². The van der Waals surface area contributed by atoms with Crippen molar-refractivity contribution >= 4 is 17.2 Å². The van der Waals surface area contributed by atoms with Gasteiger partial charge in [0.25, 0.3) is 5.91 Å². The van der Waals surface area contributed by atoms with E-state index in [1.807, 2.05) is 6.07 Å². The summed E-state index contributed by atoms with van der Waals surface area (Å²) in [6.45, 7) is 2.40. The predicted molar refractivity (Wildman–Crippen MR) is 93.0 cm³/mol. The first kappa shape index (κ1) is 17.0. The number of aromatic nitrogens is 2. The van der Waals surface area contributed by atoms with Crippen molar-refractivity contribution in [2.45, 2.75) is 20.1 Å². The average Bonchev–Trinajstić information content (AvgIpc) is 3.01. The number of aryl methyl sites for hydroxylation is 1. The number of hydrogen-bond donors (Lipinski definition) is 1. The van der Waals surface area contributed by atoms with E-state index in [2.05, 4.69) is 15.3 Å². The van der Waals surface area contributed by atoms with Gasteiger partial charge in [-0.25, -0.2) is 9.37 Å². The number of carbonyl (C=O) groups is 1. The molecule has 0 radical (unpaired) electrons. The molecule has 2 heterocycles. The fraction of sp³-hybridized carbons (Fsp3) is 0.167. The maximum Gasteiger partial charge on any atom is 0.263 e. The van der Waals surface area contributed by atoms with Crippen LogP contribution in [0.15, 0.2) is 48.8 Å². The van der Waals surface area contributed by atoms with E-state index in [9.17, 15) is 9.18 Å². The van der Waals surface area contributed by atoms with Gasteiger partial charge in [-0.05, 0) is 36.8 Å². The van der Waals surface area contributed by atoms with E-state index < -0.39 is 0 Å². The van der Waals surface area contributed by atoms with Crippen molar-refractivity contribution in [1.29, 1.82) is 0 Å². The Balaban J connectivity index is 1.59. The van der Waals surface area contributed by atoms with Crippen LogP contribution in [0.4, 0.5) is 4.39 Å². The van der Waals surface area contributed by atoms with Gasteiger partial charge in [0.1, 0.15) is 28.1 Å². The van der Waals surface area contributed by atoms with Crippen LogP contribution in [0.3, 0.4) is 0 Å². The third kappa shape index (κ3) is 4.60. The third-order valence-electron chi connectivity index (χ3n) is 3.41. The minimum Gasteiger partial charge on any atom is -0.485 e. The Hall–Kier alpha value is -2.80. The summed E-state index contributed by atoms with van der Waals surface area (Å²) in [4.78, 5) is 21.2. The lowest BCUT2D eigenvalue weighted by Gasteiger charge is -2.04. The van der Waals surface area contributed by atoms with Crippen molar-refractivity contribution < 1.29 is 13.9 Å². The Morgan fingerprint density at radius 1 is 1.28 bits per heavy atom. The van der Waals surface area contributed by atoms with E-state index in [0.717, 1.165) is 5.56 Å². The molecule has 0 aliphatic rings. The summed E-state index contributed by atoms with van der Waals surface area (Å²) >= 11 is 1.30. The summed E-state index contributed by atoms with van der Waals surface area (Å²) in [6, 6.07) is 9.62. The number of halogens is 1. The molecule has 0 aliphatic heterocycles. The summed E-state index contributed by atoms with van der Waals surface area (Å²) in [7, 11) is 0. The van der Waals surface area contributed by atoms with Gasteiger partial charge in [-0.2, -0.15) is 0 Å². The van der Waals surface area contributed by atoms with Crippen molar-refractivity contribution in [3.63, 3.8) is 0 Å². The highest BCUT2D eigenvalue weighted by Gasteiger charge is 2.15. The van der Waals surface area contributed by atoms with E-state index in [1.54, 1.807) is 37.5 Å². The average molecular weight is 357 g/mol. The molecule has 7 heteroatoms. The predicted octanol–water partition coefficient (Wildman–Crippen LogP) is 3.49. The number of carbonyl (C=O) groups excluding carboxylic acids is 1. The molecular weight excluding hydrogens is 341 g/mol. The Labute approximate surface area is 148 Å². The summed E-state index contributed by atoms with van der Waals surface area (Å²) in [5, 5.41) is 3.54. The van der Waals surface area contributed by atoms with E-state index >= 15 is 0 Å². The molecular formula is C18H16FN3O2S. The highest BCUT2D eigenvalue weighted by atomic mass is 32.1. The minimum atomic E-state index is -0.299. The standard InChI is InChI=1S/C18H16FN3O2S/c1-12-17(18(23)21-9-13-4-6-14(19)7-5-13)25-16(22-12)11-24-15-3-2-8-20-10-15/h2-8,10H,9,11H2,1H3,(H,21,23). The first-order chi connectivity index (χ1) is 12.1. The van der Waals surface area contributed by atoms with Gasteiger partial charge in [-0.3, -0.25) is 9.78 Å². The van der Waals surface area contributed by atoms with Crippen molar-refractivity contribution in [3.8, 4) is 5.75 Å². The number of thiazole rings is 1. The molecule has 0 aliphatic carbocycles. The molecule has 1 N–H and O–H groups in total. The van der Waals surface area contributed by atoms with Gasteiger partial charge < -0.3 is 10.1 Å². The quantitative estimate of drug-likeness (QED) is 0.733. The van der Waals surface area contributed by atoms with Crippen LogP contribution in [0.5, 0.6) is 5.75 Å². The molecule has 128 valence electrons. The van der Waals surface area contributed by atoms with E-state index in [4.69, 9.17) is 4.74 Å². The molecule has 0 fully saturated rings. The highest BCUT2D eigenvalue weighted by Crippen LogP contribution is 2.20. The number of rotatable bonds is 6. The molecule has 0 atom stereocenters. The van der Waals surface area contributed by atoms with E-state index in [1.165, 1.54) is 23.5 Å². The Bertz CT molecular complexity index is 851. The first-order valence-corrected chi connectivity index (χ1v) is 8.45. The van der Waals surface area contributed by atoms with Gasteiger partial charge in [0, 0.05) is 12.7 Å². The number of ether oxygens (including phenoxy) is 1. The normalized spacial score (nSPS) is 10.5. The van der Waals surface area contributed by atoms with Crippen molar-refractivity contribution in [2.75, 3.05) is 0 Å². The molecule has 0 saturated carbocycles. The number of nitrogens with one attached hydrogen (secondary N) is 1. The number of nitrogens with zero attached hydrogens (tertiary/aromatic N) is 2. The third-order valence-corrected chi connectivity index (χ3v) is 4.54. The molecule has 25 heavy (non-hydrogen) atoms. The lowest BCUT2D eigenvalue weighted by molar-refractivity contribution is 0.0954. The Kier molecular flexibility index (Phi) is 5.35. The van der Waals surface area contributed by atoms with Crippen LogP contribution in [-0.2, 0) is 13.2 Å². The monoisotopic (exact) mass is 357 g/mol. The van der Waals surface area contributed by atoms with Crippen LogP contribution >= 0.6 is 11.3 Å². The van der Waals surface area contributed by atoms with Gasteiger partial charge in [0.2, 0.25) is 0 Å². The van der Waals surface area contributed by atoms with Crippen molar-refractivity contribution in [1.82, 2.24) is 15.3 Å². The summed E-state index contributed by atoms with van der Waals surface area (Å²) < 4.78 is 18.5. The van der Waals surface area contributed by atoms with Crippen molar-refractivity contribution in [3.05, 3.63) is 75.8 Å². The molecule has 3 rings (SSSR count). The minimum absolute atomic E-state index is 0.202. The Morgan fingerprint density at radius 3 is 2.80 bits per heavy atom. The lowest BCUT2D eigenvalue weighted by atomic mass is 10.2. The molecule has 5 nitrogen and oxygen atoms in total. The fourth-order valence-corrected chi connectivity index (χ4v) is 3.06. The second-order valence-corrected chi connectivity index (χ2v) is 6.39. The van der Waals surface area contributed by atoms with Crippen LogP contribution in [0.1, 0.15) is 25.9 Å². The lowest BCUT2D eigenvalue weighted by Crippen LogP contribution is -2.22. The van der Waals surface area contributed by atoms with Crippen LogP contribution in [0.2, 0.25) is 0 Å². The zero-order valence-electron chi connectivity index (χ0n) is 13.5. The maximum atomic E-state index is 12.9. The molecule has 1 amide bonds. The molecule has 0 unspecified atom stereocenters. The summed E-state index contributed by atoms with van der Waals surface area (Å²) in [5.41, 5.74) is 1.49. The van der Waals surface area contributed by atoms with E-state index in [-0.39, 0.29) is 18.3 Å². The van der Waals surface area contributed by atoms with Crippen LogP contribution in [0, 0.1) is 12.7 Å². The van der Waals surface area contributed by atoms with Gasteiger partial charge in [0.15, 0.2) is 0 Å². The molecule has 2 aromatic heterocycles. The zero-order chi connectivity index (χ0) is 17.6. The van der Waals surface area contributed by atoms with Gasteiger partial charge in [-0.15, -0.1) is 11.3 Å². The van der Waals surface area contributed by atoms with Gasteiger partial charge in [0.05, 0.1) is 11.9 Å². The Morgan fingerprint density at radius 2 is 2.08 bits per heavy atom. The summed E-state index contributed by atoms with van der Waals surface area (Å²) in [5.74, 6) is 0.149. The maximum absolute atomic E-state index is 12.9. The number of hydrogen-bond acceptors (Lipinski definition) is 5. The topological polar surface area (TPSA) is 64.1 Å². The smallest absolute Gasteiger partial charge is 0.263 e. The zero-order valence-corrected chi connectivity index (χ0v) is 14.3. The molecule has 1 aromatic carbocycles. The SMILES string of the molecule is Cc1nc(COc2cccnc2)sc1C(=O)NCc1ccc(F)cc1. The van der Waals surface area contributed by atoms with Crippen LogP contribution in [-0.4, -0.2) is 15.9 Å². The highest BCUT2D eigenvalue weighted by molar-refractivity contribution is 7.13. The first-order valence-electron chi connectivity index (χ1n) is 7.63. The summed E-state index contributed by atoms with van der Waals surface area (Å²) in [6.07, 6.45) is 3.29. The van der Waals surface area contributed by atoms with Crippen LogP contribution < -0.4 is 10.1 Å². The van der Waals surface area contributed by atoms with Gasteiger partial charge >= 0.3 is 0 Å². The second kappa shape index (κ2) is 7.85. The largest absolute Gasteiger partial charge is 0.485 e. The number of benzene rings is 1. The van der Waals surface area contributed by atoms with Crippen molar-refractivity contribution in [2.24, 2.45) is 0 Å². The van der Waals surface area contributed by atoms with E-state index in [0.29, 0.717) is 27.9 Å². The molecule has 0 saturated heterocycles. The molecule has 3 aromatic rings. The van der Waals surface area contributed by atoms with Crippen LogP contribution in [0.25, 0.3) is 0 Å². The fourth-order valence-electron chi connectivity index (χ4n) is 2.17. The number of pyridine rings is 1. The molecule has 0 spiro atoms. The second-order valence-electron chi connectivity index (χ2n) is 5.31. The number of amides is 1. The molecule has 0 bridgehead atoms.